The van der Waals surface area contributed by atoms with Crippen molar-refractivity contribution in [2.75, 3.05) is 15.2 Å². The zero-order valence-electron chi connectivity index (χ0n) is 14.2. The zero-order valence-corrected chi connectivity index (χ0v) is 16.6. The summed E-state index contributed by atoms with van der Waals surface area (Å²) in [4.78, 5) is 12.2. The lowest BCUT2D eigenvalue weighted by Crippen LogP contribution is -2.08. The number of aromatic carboxylic acids is 1. The van der Waals surface area contributed by atoms with Gasteiger partial charge >= 0.3 is 5.97 Å². The minimum atomic E-state index is -0.925. The number of carboxylic acids is 1. The van der Waals surface area contributed by atoms with Crippen molar-refractivity contribution in [1.29, 1.82) is 5.26 Å². The van der Waals surface area contributed by atoms with E-state index in [-0.39, 0.29) is 0 Å². The van der Waals surface area contributed by atoms with Gasteiger partial charge in [0.1, 0.15) is 10.9 Å². The SMILES string of the molecule is CCCSN(SCCC)c1ccc(-c2ccc(C(=O)O)s2)cc1C#N. The highest BCUT2D eigenvalue weighted by molar-refractivity contribution is 8.18. The molecule has 25 heavy (non-hydrogen) atoms. The van der Waals surface area contributed by atoms with Crippen molar-refractivity contribution in [3.05, 3.63) is 40.8 Å². The maximum atomic E-state index is 11.1. The van der Waals surface area contributed by atoms with E-state index in [0.717, 1.165) is 40.5 Å². The average molecular weight is 393 g/mol. The molecule has 0 atom stereocenters. The van der Waals surface area contributed by atoms with Crippen LogP contribution in [-0.4, -0.2) is 22.6 Å². The van der Waals surface area contributed by atoms with Crippen molar-refractivity contribution in [2.24, 2.45) is 0 Å². The maximum absolute atomic E-state index is 11.1. The molecule has 7 heteroatoms. The molecular formula is C18H20N2O2S3. The van der Waals surface area contributed by atoms with Gasteiger partial charge in [-0.2, -0.15) is 5.26 Å². The van der Waals surface area contributed by atoms with Gasteiger partial charge in [0.25, 0.3) is 0 Å². The van der Waals surface area contributed by atoms with Crippen LogP contribution in [0.5, 0.6) is 0 Å². The zero-order chi connectivity index (χ0) is 18.2. The highest BCUT2D eigenvalue weighted by atomic mass is 32.2. The van der Waals surface area contributed by atoms with Crippen LogP contribution in [-0.2, 0) is 0 Å². The van der Waals surface area contributed by atoms with E-state index in [2.05, 4.69) is 23.6 Å². The molecule has 0 bridgehead atoms. The Morgan fingerprint density at radius 2 is 1.88 bits per heavy atom. The van der Waals surface area contributed by atoms with Gasteiger partial charge in [-0.3, -0.25) is 3.71 Å². The smallest absolute Gasteiger partial charge is 0.345 e. The van der Waals surface area contributed by atoms with E-state index < -0.39 is 5.97 Å². The van der Waals surface area contributed by atoms with Crippen molar-refractivity contribution < 1.29 is 9.90 Å². The quantitative estimate of drug-likeness (QED) is 0.535. The van der Waals surface area contributed by atoms with Crippen LogP contribution in [0, 0.1) is 11.3 Å². The summed E-state index contributed by atoms with van der Waals surface area (Å²) in [5, 5.41) is 18.7. The number of carbonyl (C=O) groups is 1. The van der Waals surface area contributed by atoms with Crippen LogP contribution in [0.15, 0.2) is 30.3 Å². The molecule has 0 aliphatic heterocycles. The van der Waals surface area contributed by atoms with Crippen molar-refractivity contribution in [2.45, 2.75) is 26.7 Å². The summed E-state index contributed by atoms with van der Waals surface area (Å²) < 4.78 is 2.13. The number of benzene rings is 1. The first kappa shape index (κ1) is 19.7. The number of rotatable bonds is 9. The molecule has 0 spiro atoms. The molecule has 0 saturated carbocycles. The van der Waals surface area contributed by atoms with Crippen LogP contribution in [0.2, 0.25) is 0 Å². The molecule has 0 aliphatic carbocycles. The number of nitriles is 1. The Kier molecular flexibility index (Phi) is 7.69. The summed E-state index contributed by atoms with van der Waals surface area (Å²) in [6.45, 7) is 4.28. The van der Waals surface area contributed by atoms with Gasteiger partial charge in [-0.1, -0.05) is 19.9 Å². The molecule has 0 aliphatic rings. The molecule has 1 heterocycles. The van der Waals surface area contributed by atoms with Gasteiger partial charge in [0.15, 0.2) is 0 Å². The molecule has 0 fully saturated rings. The van der Waals surface area contributed by atoms with Crippen molar-refractivity contribution in [3.8, 4) is 16.5 Å². The lowest BCUT2D eigenvalue weighted by atomic mass is 10.1. The number of nitrogens with zero attached hydrogens (tertiary/aromatic N) is 2. The maximum Gasteiger partial charge on any atom is 0.345 e. The molecule has 2 rings (SSSR count). The number of hydrogen-bond donors (Lipinski definition) is 1. The third-order valence-electron chi connectivity index (χ3n) is 3.24. The van der Waals surface area contributed by atoms with Gasteiger partial charge in [-0.25, -0.2) is 4.79 Å². The van der Waals surface area contributed by atoms with Crippen molar-refractivity contribution in [1.82, 2.24) is 0 Å². The predicted molar refractivity (Wildman–Crippen MR) is 109 cm³/mol. The fourth-order valence-electron chi connectivity index (χ4n) is 2.07. The van der Waals surface area contributed by atoms with E-state index in [1.165, 1.54) is 11.3 Å². The second kappa shape index (κ2) is 9.76. The minimum Gasteiger partial charge on any atom is -0.477 e. The summed E-state index contributed by atoms with van der Waals surface area (Å²) in [5.74, 6) is 1.07. The number of anilines is 1. The molecule has 1 aromatic carbocycles. The fourth-order valence-corrected chi connectivity index (χ4v) is 4.95. The van der Waals surface area contributed by atoms with Gasteiger partial charge in [0, 0.05) is 16.4 Å². The largest absolute Gasteiger partial charge is 0.477 e. The lowest BCUT2D eigenvalue weighted by Gasteiger charge is -2.22. The second-order valence-electron chi connectivity index (χ2n) is 5.24. The van der Waals surface area contributed by atoms with Gasteiger partial charge in [0.2, 0.25) is 0 Å². The Balaban J connectivity index is 2.33. The van der Waals surface area contributed by atoms with Gasteiger partial charge < -0.3 is 5.11 Å². The van der Waals surface area contributed by atoms with Crippen molar-refractivity contribution >= 4 is 46.9 Å². The van der Waals surface area contributed by atoms with E-state index in [4.69, 9.17) is 5.11 Å². The highest BCUT2D eigenvalue weighted by Gasteiger charge is 2.15. The van der Waals surface area contributed by atoms with Gasteiger partial charge in [-0.15, -0.1) is 11.3 Å². The number of carboxylic acid groups (broad SMARTS) is 1. The van der Waals surface area contributed by atoms with E-state index in [1.54, 1.807) is 36.0 Å². The third kappa shape index (κ3) is 5.18. The molecule has 0 radical (unpaired) electrons. The normalized spacial score (nSPS) is 10.4. The number of thiophene rings is 1. The second-order valence-corrected chi connectivity index (χ2v) is 8.61. The Hall–Kier alpha value is -1.62. The third-order valence-corrected chi connectivity index (χ3v) is 7.04. The number of hydrogen-bond acceptors (Lipinski definition) is 6. The van der Waals surface area contributed by atoms with Crippen LogP contribution < -0.4 is 3.71 Å². The topological polar surface area (TPSA) is 64.3 Å². The van der Waals surface area contributed by atoms with E-state index >= 15 is 0 Å². The first-order chi connectivity index (χ1) is 12.1. The molecule has 1 N–H and O–H groups in total. The van der Waals surface area contributed by atoms with E-state index in [0.29, 0.717) is 10.4 Å². The standard InChI is InChI=1S/C18H20N2O2S3/c1-3-9-23-20(24-10-4-2)15-6-5-13(11-14(15)12-19)16-7-8-17(25-16)18(21)22/h5-8,11H,3-4,9-10H2,1-2H3,(H,21,22). The summed E-state index contributed by atoms with van der Waals surface area (Å²) in [6.07, 6.45) is 2.14. The van der Waals surface area contributed by atoms with Crippen molar-refractivity contribution in [3.63, 3.8) is 0 Å². The summed E-state index contributed by atoms with van der Waals surface area (Å²) in [7, 11) is 0. The Morgan fingerprint density at radius 3 is 2.40 bits per heavy atom. The molecular weight excluding hydrogens is 372 g/mol. The molecule has 1 aromatic heterocycles. The van der Waals surface area contributed by atoms with Gasteiger partial charge in [0.05, 0.1) is 11.3 Å². The Bertz CT molecular complexity index is 760. The molecule has 2 aromatic rings. The molecule has 4 nitrogen and oxygen atoms in total. The lowest BCUT2D eigenvalue weighted by molar-refractivity contribution is 0.0702. The van der Waals surface area contributed by atoms with E-state index in [9.17, 15) is 10.1 Å². The van der Waals surface area contributed by atoms with Crippen LogP contribution in [0.25, 0.3) is 10.4 Å². The van der Waals surface area contributed by atoms with E-state index in [1.807, 2.05) is 18.2 Å². The highest BCUT2D eigenvalue weighted by Crippen LogP contribution is 2.37. The first-order valence-corrected chi connectivity index (χ1v) is 10.7. The summed E-state index contributed by atoms with van der Waals surface area (Å²) >= 11 is 4.67. The van der Waals surface area contributed by atoms with Crippen LogP contribution in [0.3, 0.4) is 0 Å². The summed E-state index contributed by atoms with van der Waals surface area (Å²) in [5.41, 5.74) is 2.38. The van der Waals surface area contributed by atoms with Crippen LogP contribution in [0.1, 0.15) is 41.9 Å². The first-order valence-electron chi connectivity index (χ1n) is 8.04. The van der Waals surface area contributed by atoms with Gasteiger partial charge in [-0.05, 0) is 66.6 Å². The molecule has 132 valence electrons. The minimum absolute atomic E-state index is 0.302. The van der Waals surface area contributed by atoms with Crippen LogP contribution in [0.4, 0.5) is 5.69 Å². The van der Waals surface area contributed by atoms with Crippen LogP contribution >= 0.6 is 35.2 Å². The molecule has 0 unspecified atom stereocenters. The Morgan fingerprint density at radius 1 is 1.20 bits per heavy atom. The fraction of sp³-hybridized carbons (Fsp3) is 0.333. The monoisotopic (exact) mass is 392 g/mol. The Labute approximate surface area is 161 Å². The average Bonchev–Trinajstić information content (AvgIpc) is 3.12. The molecule has 0 saturated heterocycles. The summed E-state index contributed by atoms with van der Waals surface area (Å²) in [6, 6.07) is 11.4. The predicted octanol–water partition coefficient (Wildman–Crippen LogP) is 5.91. The molecule has 0 amide bonds.